The standard InChI is InChI=1S/C19H17NO5/c1-3-23-16-9-6-10-20-17(16)19(22)24-11-14(21)18-12(2)13-7-4-5-8-15(13)25-18/h4-10H,3,11H2,1-2H3. The number of para-hydroxylation sites is 1. The topological polar surface area (TPSA) is 78.6 Å². The van der Waals surface area contributed by atoms with Crippen molar-refractivity contribution in [3.63, 3.8) is 0 Å². The molecule has 0 atom stereocenters. The van der Waals surface area contributed by atoms with Gasteiger partial charge in [0.2, 0.25) is 5.78 Å². The molecular formula is C19H17NO5. The van der Waals surface area contributed by atoms with Crippen LogP contribution in [0.5, 0.6) is 5.75 Å². The zero-order chi connectivity index (χ0) is 17.8. The predicted molar refractivity (Wildman–Crippen MR) is 91.0 cm³/mol. The molecular weight excluding hydrogens is 322 g/mol. The van der Waals surface area contributed by atoms with E-state index in [0.29, 0.717) is 17.9 Å². The van der Waals surface area contributed by atoms with E-state index in [2.05, 4.69) is 4.98 Å². The van der Waals surface area contributed by atoms with Gasteiger partial charge in [0, 0.05) is 17.1 Å². The summed E-state index contributed by atoms with van der Waals surface area (Å²) in [6.45, 7) is 3.56. The molecule has 0 unspecified atom stereocenters. The molecule has 0 radical (unpaired) electrons. The molecule has 0 N–H and O–H groups in total. The lowest BCUT2D eigenvalue weighted by molar-refractivity contribution is 0.0458. The second kappa shape index (κ2) is 7.17. The maximum Gasteiger partial charge on any atom is 0.361 e. The fourth-order valence-electron chi connectivity index (χ4n) is 2.52. The van der Waals surface area contributed by atoms with Crippen molar-refractivity contribution < 1.29 is 23.5 Å². The highest BCUT2D eigenvalue weighted by molar-refractivity contribution is 6.02. The number of esters is 1. The fraction of sp³-hybridized carbons (Fsp3) is 0.211. The smallest absolute Gasteiger partial charge is 0.361 e. The number of pyridine rings is 1. The third kappa shape index (κ3) is 3.38. The van der Waals surface area contributed by atoms with Crippen LogP contribution in [-0.2, 0) is 4.74 Å². The number of hydrogen-bond acceptors (Lipinski definition) is 6. The maximum atomic E-state index is 12.4. The SMILES string of the molecule is CCOc1cccnc1C(=O)OCC(=O)c1oc2ccccc2c1C. The quantitative estimate of drug-likeness (QED) is 0.504. The second-order valence-corrected chi connectivity index (χ2v) is 5.33. The summed E-state index contributed by atoms with van der Waals surface area (Å²) in [6.07, 6.45) is 1.46. The zero-order valence-corrected chi connectivity index (χ0v) is 13.9. The van der Waals surface area contributed by atoms with Gasteiger partial charge in [-0.2, -0.15) is 0 Å². The van der Waals surface area contributed by atoms with E-state index in [4.69, 9.17) is 13.9 Å². The van der Waals surface area contributed by atoms with Crippen LogP contribution in [0.25, 0.3) is 11.0 Å². The third-order valence-electron chi connectivity index (χ3n) is 3.70. The van der Waals surface area contributed by atoms with Gasteiger partial charge in [-0.3, -0.25) is 4.79 Å². The number of fused-ring (bicyclic) bond motifs is 1. The van der Waals surface area contributed by atoms with Gasteiger partial charge in [0.15, 0.2) is 23.8 Å². The molecule has 0 fully saturated rings. The van der Waals surface area contributed by atoms with Crippen molar-refractivity contribution in [3.05, 3.63) is 59.6 Å². The Labute approximate surface area is 144 Å². The van der Waals surface area contributed by atoms with E-state index in [1.807, 2.05) is 18.2 Å². The van der Waals surface area contributed by atoms with E-state index in [-0.39, 0.29) is 11.5 Å². The van der Waals surface area contributed by atoms with Crippen LogP contribution in [0, 0.1) is 6.92 Å². The molecule has 6 heteroatoms. The lowest BCUT2D eigenvalue weighted by atomic mass is 10.1. The molecule has 0 spiro atoms. The largest absolute Gasteiger partial charge is 0.491 e. The Balaban J connectivity index is 1.73. The number of aromatic nitrogens is 1. The number of benzene rings is 1. The van der Waals surface area contributed by atoms with Gasteiger partial charge in [-0.05, 0) is 32.0 Å². The first-order valence-corrected chi connectivity index (χ1v) is 7.88. The molecule has 0 aliphatic heterocycles. The van der Waals surface area contributed by atoms with Crippen molar-refractivity contribution in [2.75, 3.05) is 13.2 Å². The highest BCUT2D eigenvalue weighted by Crippen LogP contribution is 2.25. The van der Waals surface area contributed by atoms with Crippen molar-refractivity contribution in [2.24, 2.45) is 0 Å². The van der Waals surface area contributed by atoms with Crippen molar-refractivity contribution in [1.82, 2.24) is 4.98 Å². The Morgan fingerprint density at radius 2 is 1.96 bits per heavy atom. The van der Waals surface area contributed by atoms with Gasteiger partial charge in [0.1, 0.15) is 5.58 Å². The van der Waals surface area contributed by atoms with Gasteiger partial charge in [-0.25, -0.2) is 9.78 Å². The number of rotatable bonds is 6. The van der Waals surface area contributed by atoms with Gasteiger partial charge >= 0.3 is 5.97 Å². The van der Waals surface area contributed by atoms with Crippen LogP contribution in [0.2, 0.25) is 0 Å². The lowest BCUT2D eigenvalue weighted by Gasteiger charge is -2.08. The molecule has 128 valence electrons. The first-order chi connectivity index (χ1) is 12.1. The van der Waals surface area contributed by atoms with Crippen LogP contribution < -0.4 is 4.74 Å². The molecule has 0 amide bonds. The van der Waals surface area contributed by atoms with Gasteiger partial charge in [-0.15, -0.1) is 0 Å². The van der Waals surface area contributed by atoms with Crippen LogP contribution in [0.1, 0.15) is 33.5 Å². The summed E-state index contributed by atoms with van der Waals surface area (Å²) in [7, 11) is 0. The van der Waals surface area contributed by atoms with E-state index in [1.54, 1.807) is 32.0 Å². The average Bonchev–Trinajstić information content (AvgIpc) is 2.97. The summed E-state index contributed by atoms with van der Waals surface area (Å²) in [5.41, 5.74) is 1.39. The number of nitrogens with zero attached hydrogens (tertiary/aromatic N) is 1. The first-order valence-electron chi connectivity index (χ1n) is 7.88. The maximum absolute atomic E-state index is 12.4. The summed E-state index contributed by atoms with van der Waals surface area (Å²) >= 11 is 0. The van der Waals surface area contributed by atoms with Gasteiger partial charge in [0.25, 0.3) is 0 Å². The predicted octanol–water partition coefficient (Wildman–Crippen LogP) is 3.57. The number of furan rings is 1. The number of Topliss-reactive ketones (excluding diaryl/α,β-unsaturated/α-hetero) is 1. The van der Waals surface area contributed by atoms with Gasteiger partial charge < -0.3 is 13.9 Å². The van der Waals surface area contributed by atoms with Crippen LogP contribution in [0.4, 0.5) is 0 Å². The lowest BCUT2D eigenvalue weighted by Crippen LogP contribution is -2.16. The number of aryl methyl sites for hydroxylation is 1. The van der Waals surface area contributed by atoms with Crippen LogP contribution in [0.15, 0.2) is 47.0 Å². The monoisotopic (exact) mass is 339 g/mol. The molecule has 0 aliphatic rings. The number of hydrogen-bond donors (Lipinski definition) is 0. The average molecular weight is 339 g/mol. The number of ether oxygens (including phenoxy) is 2. The molecule has 0 saturated heterocycles. The molecule has 0 bridgehead atoms. The van der Waals surface area contributed by atoms with Crippen molar-refractivity contribution in [2.45, 2.75) is 13.8 Å². The Morgan fingerprint density at radius 1 is 1.16 bits per heavy atom. The molecule has 25 heavy (non-hydrogen) atoms. The van der Waals surface area contributed by atoms with Gasteiger partial charge in [0.05, 0.1) is 6.61 Å². The summed E-state index contributed by atoms with van der Waals surface area (Å²) in [4.78, 5) is 28.5. The molecule has 2 heterocycles. The van der Waals surface area contributed by atoms with Crippen LogP contribution >= 0.6 is 0 Å². The normalized spacial score (nSPS) is 10.6. The van der Waals surface area contributed by atoms with Crippen LogP contribution in [0.3, 0.4) is 0 Å². The highest BCUT2D eigenvalue weighted by atomic mass is 16.5. The summed E-state index contributed by atoms with van der Waals surface area (Å²) < 4.78 is 16.0. The highest BCUT2D eigenvalue weighted by Gasteiger charge is 2.21. The minimum absolute atomic E-state index is 0.0403. The molecule has 1 aromatic carbocycles. The van der Waals surface area contributed by atoms with E-state index < -0.39 is 18.4 Å². The Morgan fingerprint density at radius 3 is 2.72 bits per heavy atom. The van der Waals surface area contributed by atoms with E-state index >= 15 is 0 Å². The van der Waals surface area contributed by atoms with Crippen LogP contribution in [-0.4, -0.2) is 30.0 Å². The molecule has 3 aromatic rings. The first kappa shape index (κ1) is 16.7. The number of carbonyl (C=O) groups is 2. The summed E-state index contributed by atoms with van der Waals surface area (Å²) in [6, 6.07) is 10.6. The Hall–Kier alpha value is -3.15. The minimum Gasteiger partial charge on any atom is -0.491 e. The molecule has 0 aliphatic carbocycles. The molecule has 0 saturated carbocycles. The molecule has 3 rings (SSSR count). The summed E-state index contributed by atoms with van der Waals surface area (Å²) in [5.74, 6) is -0.607. The van der Waals surface area contributed by atoms with Crippen molar-refractivity contribution in [3.8, 4) is 5.75 Å². The minimum atomic E-state index is -0.717. The second-order valence-electron chi connectivity index (χ2n) is 5.33. The summed E-state index contributed by atoms with van der Waals surface area (Å²) in [5, 5.41) is 0.862. The number of ketones is 1. The Kier molecular flexibility index (Phi) is 4.79. The van der Waals surface area contributed by atoms with E-state index in [0.717, 1.165) is 10.9 Å². The fourth-order valence-corrected chi connectivity index (χ4v) is 2.52. The third-order valence-corrected chi connectivity index (χ3v) is 3.70. The number of carbonyl (C=O) groups excluding carboxylic acids is 2. The molecule has 2 aromatic heterocycles. The Bertz CT molecular complexity index is 928. The van der Waals surface area contributed by atoms with Crippen molar-refractivity contribution in [1.29, 1.82) is 0 Å². The van der Waals surface area contributed by atoms with Gasteiger partial charge in [-0.1, -0.05) is 18.2 Å². The van der Waals surface area contributed by atoms with Crippen molar-refractivity contribution >= 4 is 22.7 Å². The molecule has 6 nitrogen and oxygen atoms in total. The van der Waals surface area contributed by atoms with E-state index in [1.165, 1.54) is 6.20 Å². The van der Waals surface area contributed by atoms with E-state index in [9.17, 15) is 9.59 Å². The zero-order valence-electron chi connectivity index (χ0n) is 13.9.